The van der Waals surface area contributed by atoms with Crippen molar-refractivity contribution >= 4 is 30.7 Å². The molecular formula is C18H35Cl2N3O3. The van der Waals surface area contributed by atoms with E-state index in [-0.39, 0.29) is 42.2 Å². The molecule has 0 radical (unpaired) electrons. The van der Waals surface area contributed by atoms with Gasteiger partial charge in [-0.3, -0.25) is 9.69 Å². The van der Waals surface area contributed by atoms with Crippen LogP contribution in [-0.2, 0) is 14.3 Å². The number of nitrogens with zero attached hydrogens (tertiary/aromatic N) is 2. The van der Waals surface area contributed by atoms with Gasteiger partial charge in [0.2, 0.25) is 5.91 Å². The van der Waals surface area contributed by atoms with Gasteiger partial charge in [0, 0.05) is 57.8 Å². The van der Waals surface area contributed by atoms with Crippen LogP contribution in [0.25, 0.3) is 0 Å². The Hall–Kier alpha value is -0.110. The van der Waals surface area contributed by atoms with Crippen molar-refractivity contribution in [1.82, 2.24) is 9.80 Å². The largest absolute Gasteiger partial charge is 0.381 e. The molecule has 2 aliphatic heterocycles. The Morgan fingerprint density at radius 2 is 1.88 bits per heavy atom. The third kappa shape index (κ3) is 4.31. The highest BCUT2D eigenvalue weighted by Crippen LogP contribution is 2.50. The van der Waals surface area contributed by atoms with Gasteiger partial charge in [-0.15, -0.1) is 24.8 Å². The smallest absolute Gasteiger partial charge is 0.243 e. The molecule has 3 unspecified atom stereocenters. The number of rotatable bonds is 5. The van der Waals surface area contributed by atoms with E-state index < -0.39 is 5.54 Å². The zero-order valence-corrected chi connectivity index (χ0v) is 17.9. The molecule has 8 heteroatoms. The van der Waals surface area contributed by atoms with Crippen LogP contribution in [0.1, 0.15) is 33.6 Å². The molecule has 3 fully saturated rings. The van der Waals surface area contributed by atoms with E-state index in [1.807, 2.05) is 11.8 Å². The van der Waals surface area contributed by atoms with Crippen LogP contribution >= 0.6 is 24.8 Å². The normalized spacial score (nSPS) is 33.8. The van der Waals surface area contributed by atoms with Gasteiger partial charge in [-0.05, 0) is 19.3 Å². The van der Waals surface area contributed by atoms with E-state index in [2.05, 4.69) is 18.7 Å². The van der Waals surface area contributed by atoms with Crippen LogP contribution in [0.2, 0.25) is 0 Å². The standard InChI is InChI=1S/C18H33N3O3.2ClH/c1-4-24-15-11-18(19,17(15,2)3)16(22)21-8-6-20(7-9-21)12-14-5-10-23-13-14;;/h14-15H,4-13,19H2,1-3H3;2*1H. The van der Waals surface area contributed by atoms with Gasteiger partial charge in [-0.2, -0.15) is 0 Å². The Kier molecular flexibility index (Phi) is 8.64. The summed E-state index contributed by atoms with van der Waals surface area (Å²) in [5.74, 6) is 0.762. The lowest BCUT2D eigenvalue weighted by molar-refractivity contribution is -0.180. The Balaban J connectivity index is 0.00000169. The first kappa shape index (κ1) is 23.9. The fourth-order valence-electron chi connectivity index (χ4n) is 4.31. The molecule has 0 aromatic carbocycles. The maximum atomic E-state index is 13.0. The predicted octanol–water partition coefficient (Wildman–Crippen LogP) is 1.54. The molecule has 1 amide bonds. The molecular weight excluding hydrogens is 377 g/mol. The minimum atomic E-state index is -0.783. The van der Waals surface area contributed by atoms with E-state index in [0.717, 1.165) is 52.4 Å². The number of halogens is 2. The number of hydrogen-bond donors (Lipinski definition) is 1. The first-order valence-electron chi connectivity index (χ1n) is 9.38. The molecule has 26 heavy (non-hydrogen) atoms. The van der Waals surface area contributed by atoms with E-state index in [1.54, 1.807) is 0 Å². The van der Waals surface area contributed by atoms with Crippen molar-refractivity contribution in [2.24, 2.45) is 17.1 Å². The minimum Gasteiger partial charge on any atom is -0.381 e. The first-order valence-corrected chi connectivity index (χ1v) is 9.38. The van der Waals surface area contributed by atoms with Crippen molar-refractivity contribution in [3.63, 3.8) is 0 Å². The summed E-state index contributed by atoms with van der Waals surface area (Å²) in [5.41, 5.74) is 5.45. The summed E-state index contributed by atoms with van der Waals surface area (Å²) in [6.07, 6.45) is 1.88. The highest BCUT2D eigenvalue weighted by Gasteiger charge is 2.63. The maximum Gasteiger partial charge on any atom is 0.243 e. The van der Waals surface area contributed by atoms with Crippen molar-refractivity contribution in [3.8, 4) is 0 Å². The number of piperazine rings is 1. The Labute approximate surface area is 169 Å². The molecule has 2 saturated heterocycles. The fraction of sp³-hybridized carbons (Fsp3) is 0.944. The van der Waals surface area contributed by atoms with Gasteiger partial charge >= 0.3 is 0 Å². The van der Waals surface area contributed by atoms with Crippen molar-refractivity contribution in [2.45, 2.75) is 45.3 Å². The van der Waals surface area contributed by atoms with Crippen molar-refractivity contribution in [2.75, 3.05) is 52.5 Å². The zero-order chi connectivity index (χ0) is 17.4. The van der Waals surface area contributed by atoms with Crippen molar-refractivity contribution in [3.05, 3.63) is 0 Å². The monoisotopic (exact) mass is 411 g/mol. The van der Waals surface area contributed by atoms with Gasteiger partial charge in [-0.1, -0.05) is 13.8 Å². The summed E-state index contributed by atoms with van der Waals surface area (Å²) in [5, 5.41) is 0. The number of amides is 1. The van der Waals surface area contributed by atoms with Crippen LogP contribution in [0.5, 0.6) is 0 Å². The molecule has 1 saturated carbocycles. The fourth-order valence-corrected chi connectivity index (χ4v) is 4.31. The molecule has 154 valence electrons. The number of carbonyl (C=O) groups is 1. The van der Waals surface area contributed by atoms with Gasteiger partial charge in [-0.25, -0.2) is 0 Å². The van der Waals surface area contributed by atoms with Crippen molar-refractivity contribution < 1.29 is 14.3 Å². The molecule has 6 nitrogen and oxygen atoms in total. The van der Waals surface area contributed by atoms with Gasteiger partial charge < -0.3 is 20.1 Å². The molecule has 0 spiro atoms. The number of ether oxygens (including phenoxy) is 2. The van der Waals surface area contributed by atoms with E-state index in [4.69, 9.17) is 15.2 Å². The van der Waals surface area contributed by atoms with Crippen molar-refractivity contribution in [1.29, 1.82) is 0 Å². The van der Waals surface area contributed by atoms with Crippen LogP contribution < -0.4 is 5.73 Å². The number of hydrogen-bond acceptors (Lipinski definition) is 5. The van der Waals surface area contributed by atoms with E-state index in [1.165, 1.54) is 0 Å². The topological polar surface area (TPSA) is 68.0 Å². The summed E-state index contributed by atoms with van der Waals surface area (Å²) in [6, 6.07) is 0. The SMILES string of the molecule is CCOC1CC(N)(C(=O)N2CCN(CC3CCOC3)CC2)C1(C)C.Cl.Cl. The molecule has 0 aromatic heterocycles. The lowest BCUT2D eigenvalue weighted by Crippen LogP contribution is -2.76. The molecule has 0 bridgehead atoms. The van der Waals surface area contributed by atoms with Gasteiger partial charge in [0.1, 0.15) is 5.54 Å². The second-order valence-corrected chi connectivity index (χ2v) is 8.16. The predicted molar refractivity (Wildman–Crippen MR) is 107 cm³/mol. The van der Waals surface area contributed by atoms with Gasteiger partial charge in [0.25, 0.3) is 0 Å². The second kappa shape index (κ2) is 9.39. The molecule has 1 aliphatic carbocycles. The lowest BCUT2D eigenvalue weighted by Gasteiger charge is -2.59. The van der Waals surface area contributed by atoms with Crippen LogP contribution in [0.15, 0.2) is 0 Å². The maximum absolute atomic E-state index is 13.0. The number of carbonyl (C=O) groups excluding carboxylic acids is 1. The zero-order valence-electron chi connectivity index (χ0n) is 16.2. The third-order valence-electron chi connectivity index (χ3n) is 6.41. The molecule has 2 heterocycles. The summed E-state index contributed by atoms with van der Waals surface area (Å²) >= 11 is 0. The third-order valence-corrected chi connectivity index (χ3v) is 6.41. The quantitative estimate of drug-likeness (QED) is 0.742. The van der Waals surface area contributed by atoms with Crippen LogP contribution in [0.3, 0.4) is 0 Å². The molecule has 3 atom stereocenters. The molecule has 0 aromatic rings. The average molecular weight is 412 g/mol. The Morgan fingerprint density at radius 3 is 2.38 bits per heavy atom. The highest BCUT2D eigenvalue weighted by atomic mass is 35.5. The molecule has 2 N–H and O–H groups in total. The Morgan fingerprint density at radius 1 is 1.23 bits per heavy atom. The van der Waals surface area contributed by atoms with Crippen LogP contribution in [0.4, 0.5) is 0 Å². The lowest BCUT2D eigenvalue weighted by atomic mass is 9.54. The van der Waals surface area contributed by atoms with Crippen LogP contribution in [0, 0.1) is 11.3 Å². The number of nitrogens with two attached hydrogens (primary N) is 1. The summed E-state index contributed by atoms with van der Waals surface area (Å²) < 4.78 is 11.2. The average Bonchev–Trinajstić information content (AvgIpc) is 3.07. The van der Waals surface area contributed by atoms with E-state index >= 15 is 0 Å². The van der Waals surface area contributed by atoms with E-state index in [0.29, 0.717) is 18.9 Å². The molecule has 3 rings (SSSR count). The Bertz CT molecular complexity index is 467. The van der Waals surface area contributed by atoms with Gasteiger partial charge in [0.05, 0.1) is 12.7 Å². The second-order valence-electron chi connectivity index (χ2n) is 8.16. The van der Waals surface area contributed by atoms with Crippen LogP contribution in [-0.4, -0.2) is 79.9 Å². The highest BCUT2D eigenvalue weighted by molar-refractivity contribution is 5.89. The minimum absolute atomic E-state index is 0. The summed E-state index contributed by atoms with van der Waals surface area (Å²) in [7, 11) is 0. The summed E-state index contributed by atoms with van der Waals surface area (Å²) in [6.45, 7) is 13.1. The van der Waals surface area contributed by atoms with E-state index in [9.17, 15) is 4.79 Å². The van der Waals surface area contributed by atoms with Gasteiger partial charge in [0.15, 0.2) is 0 Å². The molecule has 3 aliphatic rings. The first-order chi connectivity index (χ1) is 11.4. The summed E-state index contributed by atoms with van der Waals surface area (Å²) in [4.78, 5) is 17.4.